The number of aromatic nitrogens is 1. The number of ether oxygens (including phenoxy) is 2. The molecule has 0 aliphatic carbocycles. The lowest BCUT2D eigenvalue weighted by molar-refractivity contribution is 0.354. The van der Waals surface area contributed by atoms with E-state index in [9.17, 15) is 0 Å². The smallest absolute Gasteiger partial charge is 0.188 e. The normalized spacial score (nSPS) is 11.2. The summed E-state index contributed by atoms with van der Waals surface area (Å²) < 4.78 is 10.5. The van der Waals surface area contributed by atoms with Crippen LogP contribution < -0.4 is 20.5 Å². The van der Waals surface area contributed by atoms with Crippen LogP contribution in [0.2, 0.25) is 0 Å². The van der Waals surface area contributed by atoms with Crippen molar-refractivity contribution in [3.63, 3.8) is 0 Å². The lowest BCUT2D eigenvalue weighted by Gasteiger charge is -2.09. The Morgan fingerprint density at radius 2 is 2.00 bits per heavy atom. The second kappa shape index (κ2) is 11.2. The first-order valence-corrected chi connectivity index (χ1v) is 9.10. The predicted molar refractivity (Wildman–Crippen MR) is 118 cm³/mol. The Kier molecular flexibility index (Phi) is 9.71. The van der Waals surface area contributed by atoms with Crippen LogP contribution >= 0.6 is 35.3 Å². The molecule has 2 aromatic rings. The van der Waals surface area contributed by atoms with Crippen LogP contribution in [0.4, 0.5) is 0 Å². The molecule has 0 spiro atoms. The van der Waals surface area contributed by atoms with Crippen molar-refractivity contribution in [1.82, 2.24) is 10.3 Å². The second-order valence-electron chi connectivity index (χ2n) is 5.90. The Morgan fingerprint density at radius 3 is 2.62 bits per heavy atom. The van der Waals surface area contributed by atoms with E-state index in [-0.39, 0.29) is 24.0 Å². The van der Waals surface area contributed by atoms with E-state index in [1.165, 1.54) is 5.01 Å². The largest absolute Gasteiger partial charge is 0.493 e. The van der Waals surface area contributed by atoms with Gasteiger partial charge in [0.05, 0.1) is 31.5 Å². The third kappa shape index (κ3) is 6.64. The maximum absolute atomic E-state index is 5.93. The molecule has 2 rings (SSSR count). The van der Waals surface area contributed by atoms with Gasteiger partial charge in [0, 0.05) is 24.3 Å². The highest BCUT2D eigenvalue weighted by molar-refractivity contribution is 14.0. The molecule has 3 N–H and O–H groups in total. The molecule has 0 aliphatic rings. The van der Waals surface area contributed by atoms with Crippen molar-refractivity contribution in [2.24, 2.45) is 10.7 Å². The van der Waals surface area contributed by atoms with Gasteiger partial charge in [-0.1, -0.05) is 19.9 Å². The van der Waals surface area contributed by atoms with E-state index in [0.29, 0.717) is 36.5 Å². The summed E-state index contributed by atoms with van der Waals surface area (Å²) in [5, 5.41) is 6.40. The highest BCUT2D eigenvalue weighted by Gasteiger charge is 2.06. The number of benzene rings is 1. The molecule has 26 heavy (non-hydrogen) atoms. The molecular weight excluding hydrogens is 463 g/mol. The van der Waals surface area contributed by atoms with Crippen LogP contribution in [-0.4, -0.2) is 31.7 Å². The maximum atomic E-state index is 5.93. The summed E-state index contributed by atoms with van der Waals surface area (Å²) in [6.45, 7) is 5.50. The van der Waals surface area contributed by atoms with Gasteiger partial charge >= 0.3 is 0 Å². The number of methoxy groups -OCH3 is 2. The third-order valence-corrected chi connectivity index (χ3v) is 4.82. The summed E-state index contributed by atoms with van der Waals surface area (Å²) >= 11 is 1.71. The zero-order valence-electron chi connectivity index (χ0n) is 15.6. The molecule has 1 aromatic heterocycles. The average Bonchev–Trinajstić information content (AvgIpc) is 3.09. The molecule has 0 atom stereocenters. The van der Waals surface area contributed by atoms with Gasteiger partial charge in [-0.15, -0.1) is 35.3 Å². The molecule has 0 saturated heterocycles. The minimum absolute atomic E-state index is 0. The molecule has 0 aliphatic heterocycles. The molecule has 0 radical (unpaired) electrons. The Hall–Kier alpha value is -1.55. The van der Waals surface area contributed by atoms with Crippen molar-refractivity contribution in [3.05, 3.63) is 39.8 Å². The van der Waals surface area contributed by atoms with Gasteiger partial charge in [-0.25, -0.2) is 9.98 Å². The Morgan fingerprint density at radius 1 is 1.27 bits per heavy atom. The molecule has 0 amide bonds. The van der Waals surface area contributed by atoms with Crippen LogP contribution in [0.3, 0.4) is 0 Å². The van der Waals surface area contributed by atoms with Crippen molar-refractivity contribution >= 4 is 41.3 Å². The number of nitrogens with zero attached hydrogens (tertiary/aromatic N) is 2. The summed E-state index contributed by atoms with van der Waals surface area (Å²) in [4.78, 5) is 8.97. The van der Waals surface area contributed by atoms with Crippen LogP contribution in [0.1, 0.15) is 36.0 Å². The first kappa shape index (κ1) is 22.5. The third-order valence-electron chi connectivity index (χ3n) is 3.63. The minimum atomic E-state index is 0. The Balaban J connectivity index is 0.00000338. The lowest BCUT2D eigenvalue weighted by atomic mass is 10.2. The molecular formula is C18H27IN4O2S. The second-order valence-corrected chi connectivity index (χ2v) is 6.79. The standard InChI is InChI=1S/C18H26N4O2S.HI/c1-12(2)17-22-14(11-25-17)7-8-20-18(19)21-10-13-5-6-15(23-3)16(9-13)24-4;/h5-6,9,11-12H,7-8,10H2,1-4H3,(H3,19,20,21);1H. The Bertz CT molecular complexity index is 719. The molecule has 0 fully saturated rings. The molecule has 0 bridgehead atoms. The number of hydrogen-bond donors (Lipinski definition) is 2. The van der Waals surface area contributed by atoms with E-state index >= 15 is 0 Å². The monoisotopic (exact) mass is 490 g/mol. The van der Waals surface area contributed by atoms with Crippen LogP contribution in [0.25, 0.3) is 0 Å². The van der Waals surface area contributed by atoms with Crippen LogP contribution in [0.5, 0.6) is 11.5 Å². The number of guanidine groups is 1. The number of aliphatic imine (C=N–C) groups is 1. The summed E-state index contributed by atoms with van der Waals surface area (Å²) in [5.74, 6) is 2.28. The van der Waals surface area contributed by atoms with Gasteiger partial charge in [-0.2, -0.15) is 0 Å². The number of nitrogens with two attached hydrogens (primary N) is 1. The van der Waals surface area contributed by atoms with Crippen LogP contribution in [0, 0.1) is 0 Å². The van der Waals surface area contributed by atoms with Gasteiger partial charge < -0.3 is 20.5 Å². The summed E-state index contributed by atoms with van der Waals surface area (Å²) in [6.07, 6.45) is 0.829. The molecule has 0 unspecified atom stereocenters. The quantitative estimate of drug-likeness (QED) is 0.336. The van der Waals surface area contributed by atoms with Crippen LogP contribution in [0.15, 0.2) is 28.6 Å². The number of nitrogens with one attached hydrogen (secondary N) is 1. The number of rotatable bonds is 8. The first-order valence-electron chi connectivity index (χ1n) is 8.22. The predicted octanol–water partition coefficient (Wildman–Crippen LogP) is 3.55. The molecule has 8 heteroatoms. The van der Waals surface area contributed by atoms with E-state index in [0.717, 1.165) is 17.7 Å². The van der Waals surface area contributed by atoms with Crippen molar-refractivity contribution in [2.45, 2.75) is 32.7 Å². The van der Waals surface area contributed by atoms with Gasteiger partial charge in [-0.05, 0) is 17.7 Å². The molecule has 6 nitrogen and oxygen atoms in total. The maximum Gasteiger partial charge on any atom is 0.188 e. The number of thiazole rings is 1. The van der Waals surface area contributed by atoms with Gasteiger partial charge in [-0.3, -0.25) is 0 Å². The molecule has 0 saturated carbocycles. The zero-order chi connectivity index (χ0) is 18.2. The van der Waals surface area contributed by atoms with E-state index in [4.69, 9.17) is 15.2 Å². The summed E-state index contributed by atoms with van der Waals surface area (Å²) in [6, 6.07) is 5.71. The summed E-state index contributed by atoms with van der Waals surface area (Å²) in [5.41, 5.74) is 8.03. The van der Waals surface area contributed by atoms with E-state index in [2.05, 4.69) is 34.5 Å². The van der Waals surface area contributed by atoms with Gasteiger partial charge in [0.2, 0.25) is 0 Å². The lowest BCUT2D eigenvalue weighted by Crippen LogP contribution is -2.33. The highest BCUT2D eigenvalue weighted by atomic mass is 127. The minimum Gasteiger partial charge on any atom is -0.493 e. The van der Waals surface area contributed by atoms with Crippen LogP contribution in [-0.2, 0) is 13.0 Å². The fourth-order valence-electron chi connectivity index (χ4n) is 2.23. The number of hydrogen-bond acceptors (Lipinski definition) is 5. The topological polar surface area (TPSA) is 81.8 Å². The first-order chi connectivity index (χ1) is 12.0. The zero-order valence-corrected chi connectivity index (χ0v) is 18.8. The molecule has 1 heterocycles. The average molecular weight is 490 g/mol. The summed E-state index contributed by atoms with van der Waals surface area (Å²) in [7, 11) is 3.23. The van der Waals surface area contributed by atoms with Gasteiger partial charge in [0.1, 0.15) is 0 Å². The van der Waals surface area contributed by atoms with E-state index < -0.39 is 0 Å². The van der Waals surface area contributed by atoms with E-state index in [1.54, 1.807) is 25.6 Å². The van der Waals surface area contributed by atoms with Crippen molar-refractivity contribution in [3.8, 4) is 11.5 Å². The van der Waals surface area contributed by atoms with Gasteiger partial charge in [0.25, 0.3) is 0 Å². The fraction of sp³-hybridized carbons (Fsp3) is 0.444. The molecule has 144 valence electrons. The molecule has 1 aromatic carbocycles. The van der Waals surface area contributed by atoms with E-state index in [1.807, 2.05) is 18.2 Å². The highest BCUT2D eigenvalue weighted by Crippen LogP contribution is 2.27. The van der Waals surface area contributed by atoms with Gasteiger partial charge in [0.15, 0.2) is 17.5 Å². The van der Waals surface area contributed by atoms with Crippen molar-refractivity contribution in [2.75, 3.05) is 20.8 Å². The van der Waals surface area contributed by atoms with Crippen molar-refractivity contribution < 1.29 is 9.47 Å². The fourth-order valence-corrected chi connectivity index (χ4v) is 3.10. The number of halogens is 1. The Labute approximate surface area is 176 Å². The SMILES string of the molecule is COc1ccc(CN=C(N)NCCc2csc(C(C)C)n2)cc1OC.I. The van der Waals surface area contributed by atoms with Crippen molar-refractivity contribution in [1.29, 1.82) is 0 Å².